The number of aliphatic imine (C=N–C) groups is 1. The van der Waals surface area contributed by atoms with Crippen LogP contribution in [0.1, 0.15) is 0 Å². The molecule has 0 amide bonds. The molecule has 0 bridgehead atoms. The van der Waals surface area contributed by atoms with Gasteiger partial charge < -0.3 is 0 Å². The zero-order chi connectivity index (χ0) is 9.40. The topological polar surface area (TPSA) is 12.4 Å². The van der Waals surface area contributed by atoms with Crippen LogP contribution in [0.15, 0.2) is 66.9 Å². The van der Waals surface area contributed by atoms with E-state index in [1.54, 1.807) is 30.5 Å². The van der Waals surface area contributed by atoms with E-state index in [4.69, 9.17) is 0 Å². The minimum Gasteiger partial charge on any atom is -0.257 e. The van der Waals surface area contributed by atoms with E-state index in [0.29, 0.717) is 5.70 Å². The smallest absolute Gasteiger partial charge is 0.0624 e. The highest BCUT2D eigenvalue weighted by molar-refractivity contribution is 5.72. The molecular formula is C11H13N. The van der Waals surface area contributed by atoms with Gasteiger partial charge in [-0.25, -0.2) is 0 Å². The summed E-state index contributed by atoms with van der Waals surface area (Å²) in [4.78, 5) is 3.97. The minimum absolute atomic E-state index is 0.632. The lowest BCUT2D eigenvalue weighted by Gasteiger charge is -1.95. The second-order valence-electron chi connectivity index (χ2n) is 2.08. The van der Waals surface area contributed by atoms with Gasteiger partial charge in [-0.2, -0.15) is 0 Å². The van der Waals surface area contributed by atoms with Gasteiger partial charge >= 0.3 is 0 Å². The van der Waals surface area contributed by atoms with E-state index in [1.807, 2.05) is 0 Å². The molecule has 12 heavy (non-hydrogen) atoms. The van der Waals surface area contributed by atoms with Crippen molar-refractivity contribution in [3.63, 3.8) is 0 Å². The van der Waals surface area contributed by atoms with Crippen molar-refractivity contribution in [2.45, 2.75) is 0 Å². The van der Waals surface area contributed by atoms with Crippen molar-refractivity contribution in [1.82, 2.24) is 0 Å². The van der Waals surface area contributed by atoms with E-state index < -0.39 is 0 Å². The second kappa shape index (κ2) is 6.10. The van der Waals surface area contributed by atoms with Gasteiger partial charge in [0.1, 0.15) is 0 Å². The molecule has 0 aliphatic rings. The third-order valence-corrected chi connectivity index (χ3v) is 1.14. The molecule has 62 valence electrons. The zero-order valence-electron chi connectivity index (χ0n) is 7.16. The molecule has 0 atom stereocenters. The Morgan fingerprint density at radius 3 is 2.25 bits per heavy atom. The molecule has 0 heterocycles. The predicted molar refractivity (Wildman–Crippen MR) is 56.3 cm³/mol. The van der Waals surface area contributed by atoms with Crippen molar-refractivity contribution < 1.29 is 0 Å². The van der Waals surface area contributed by atoms with E-state index >= 15 is 0 Å². The van der Waals surface area contributed by atoms with Gasteiger partial charge in [-0.05, 0) is 5.57 Å². The zero-order valence-corrected chi connectivity index (χ0v) is 7.16. The Morgan fingerprint density at radius 2 is 1.75 bits per heavy atom. The number of nitrogens with zero attached hydrogens (tertiary/aromatic N) is 1. The lowest BCUT2D eigenvalue weighted by atomic mass is 10.2. The molecule has 0 aromatic heterocycles. The largest absolute Gasteiger partial charge is 0.257 e. The summed E-state index contributed by atoms with van der Waals surface area (Å²) in [6, 6.07) is 0. The molecule has 0 aliphatic heterocycles. The van der Waals surface area contributed by atoms with Crippen molar-refractivity contribution in [2.75, 3.05) is 0 Å². The molecule has 0 spiro atoms. The van der Waals surface area contributed by atoms with E-state index in [9.17, 15) is 0 Å². The van der Waals surface area contributed by atoms with Gasteiger partial charge in [0.25, 0.3) is 0 Å². The van der Waals surface area contributed by atoms with Gasteiger partial charge in [-0.3, -0.25) is 4.99 Å². The Morgan fingerprint density at radius 1 is 1.08 bits per heavy atom. The molecule has 0 fully saturated rings. The van der Waals surface area contributed by atoms with Gasteiger partial charge in [0, 0.05) is 6.21 Å². The Hall–Kier alpha value is -1.63. The molecule has 0 aliphatic carbocycles. The normalized spacial score (nSPS) is 10.3. The van der Waals surface area contributed by atoms with Crippen LogP contribution in [0.3, 0.4) is 0 Å². The Kier molecular flexibility index (Phi) is 5.28. The molecular weight excluding hydrogens is 146 g/mol. The summed E-state index contributed by atoms with van der Waals surface area (Å²) in [6.07, 6.45) is 8.44. The van der Waals surface area contributed by atoms with Crippen molar-refractivity contribution in [2.24, 2.45) is 4.99 Å². The molecule has 0 saturated carbocycles. The maximum Gasteiger partial charge on any atom is 0.0624 e. The summed E-state index contributed by atoms with van der Waals surface area (Å²) in [6.45, 7) is 14.5. The number of hydrogen-bond donors (Lipinski definition) is 0. The van der Waals surface area contributed by atoms with E-state index in [-0.39, 0.29) is 0 Å². The Bertz CT molecular complexity index is 226. The average Bonchev–Trinajstić information content (AvgIpc) is 2.10. The van der Waals surface area contributed by atoms with Gasteiger partial charge in [-0.1, -0.05) is 50.6 Å². The van der Waals surface area contributed by atoms with Crippen molar-refractivity contribution in [1.29, 1.82) is 0 Å². The quantitative estimate of drug-likeness (QED) is 0.432. The number of allylic oxidation sites excluding steroid dienone is 4. The maximum atomic E-state index is 3.97. The Labute approximate surface area is 73.8 Å². The second-order valence-corrected chi connectivity index (χ2v) is 2.08. The van der Waals surface area contributed by atoms with Gasteiger partial charge in [0.05, 0.1) is 5.70 Å². The number of rotatable bonds is 5. The summed E-state index contributed by atoms with van der Waals surface area (Å²) in [5, 5.41) is 0. The van der Waals surface area contributed by atoms with E-state index in [0.717, 1.165) is 5.57 Å². The lowest BCUT2D eigenvalue weighted by Crippen LogP contribution is -1.78. The van der Waals surface area contributed by atoms with Crippen LogP contribution in [0, 0.1) is 0 Å². The summed E-state index contributed by atoms with van der Waals surface area (Å²) in [5.74, 6) is 0. The van der Waals surface area contributed by atoms with Crippen LogP contribution >= 0.6 is 0 Å². The molecule has 0 unspecified atom stereocenters. The van der Waals surface area contributed by atoms with Crippen LogP contribution in [-0.4, -0.2) is 6.21 Å². The van der Waals surface area contributed by atoms with Crippen LogP contribution in [-0.2, 0) is 0 Å². The van der Waals surface area contributed by atoms with Gasteiger partial charge in [0.2, 0.25) is 0 Å². The summed E-state index contributed by atoms with van der Waals surface area (Å²) < 4.78 is 0. The first-order valence-electron chi connectivity index (χ1n) is 3.54. The monoisotopic (exact) mass is 159 g/mol. The highest BCUT2D eigenvalue weighted by atomic mass is 14.7. The lowest BCUT2D eigenvalue weighted by molar-refractivity contribution is 1.39. The first-order valence-corrected chi connectivity index (χ1v) is 3.54. The molecule has 1 nitrogen and oxygen atoms in total. The van der Waals surface area contributed by atoms with Crippen molar-refractivity contribution in [3.8, 4) is 0 Å². The fraction of sp³-hybridized carbons (Fsp3) is 0. The average molecular weight is 159 g/mol. The van der Waals surface area contributed by atoms with E-state index in [1.165, 1.54) is 0 Å². The fourth-order valence-electron chi connectivity index (χ4n) is 0.506. The van der Waals surface area contributed by atoms with Crippen molar-refractivity contribution in [3.05, 3.63) is 61.9 Å². The highest BCUT2D eigenvalue weighted by Crippen LogP contribution is 2.07. The minimum atomic E-state index is 0.632. The van der Waals surface area contributed by atoms with Crippen LogP contribution in [0.2, 0.25) is 0 Å². The van der Waals surface area contributed by atoms with Crippen LogP contribution in [0.4, 0.5) is 0 Å². The first-order chi connectivity index (χ1) is 5.72. The van der Waals surface area contributed by atoms with Crippen LogP contribution in [0.25, 0.3) is 0 Å². The molecule has 0 saturated heterocycles. The summed E-state index contributed by atoms with van der Waals surface area (Å²) in [5.41, 5.74) is 1.40. The molecule has 0 aromatic carbocycles. The predicted octanol–water partition coefficient (Wildman–Crippen LogP) is 3.06. The Balaban J connectivity index is 4.20. The number of hydrogen-bond acceptors (Lipinski definition) is 1. The van der Waals surface area contributed by atoms with Crippen LogP contribution < -0.4 is 0 Å². The van der Waals surface area contributed by atoms with Gasteiger partial charge in [-0.15, -0.1) is 0 Å². The molecule has 0 rings (SSSR count). The highest BCUT2D eigenvalue weighted by Gasteiger charge is 1.89. The molecule has 1 heteroatoms. The maximum absolute atomic E-state index is 3.97. The summed E-state index contributed by atoms with van der Waals surface area (Å²) >= 11 is 0. The van der Waals surface area contributed by atoms with Crippen LogP contribution in [0.5, 0.6) is 0 Å². The third-order valence-electron chi connectivity index (χ3n) is 1.14. The summed E-state index contributed by atoms with van der Waals surface area (Å²) in [7, 11) is 0. The van der Waals surface area contributed by atoms with E-state index in [2.05, 4.69) is 31.3 Å². The standard InChI is InChI=1S/C11H13N/c1-5-7-8-10(3)11(4)12-9-6-2/h5-9H,1-4H2/b8-7-,12-9?. The SMILES string of the molecule is C=CC=NC(=C)C(=C)/C=C\C=C. The molecule has 0 N–H and O–H groups in total. The fourth-order valence-corrected chi connectivity index (χ4v) is 0.506. The molecule has 0 radical (unpaired) electrons. The molecule has 0 aromatic rings. The third kappa shape index (κ3) is 4.23. The van der Waals surface area contributed by atoms with Gasteiger partial charge in [0.15, 0.2) is 0 Å². The first kappa shape index (κ1) is 10.4. The van der Waals surface area contributed by atoms with Crippen molar-refractivity contribution >= 4 is 6.21 Å².